The van der Waals surface area contributed by atoms with Gasteiger partial charge in [-0.05, 0) is 60.2 Å². The Labute approximate surface area is 172 Å². The van der Waals surface area contributed by atoms with Gasteiger partial charge in [-0.3, -0.25) is 9.59 Å². The first kappa shape index (κ1) is 20.9. The maximum absolute atomic E-state index is 12.3. The minimum absolute atomic E-state index is 0.0585. The van der Waals surface area contributed by atoms with E-state index < -0.39 is 0 Å². The molecule has 154 valence electrons. The van der Waals surface area contributed by atoms with Crippen LogP contribution in [0.3, 0.4) is 0 Å². The smallest absolute Gasteiger partial charge is 0.262 e. The van der Waals surface area contributed by atoms with Crippen LogP contribution in [0.2, 0.25) is 0 Å². The number of anilines is 1. The molecule has 2 N–H and O–H groups in total. The molecular weight excluding hydrogens is 364 g/mol. The average Bonchev–Trinajstić information content (AvgIpc) is 3.19. The zero-order valence-electron chi connectivity index (χ0n) is 17.5. The van der Waals surface area contributed by atoms with Gasteiger partial charge in [0, 0.05) is 17.3 Å². The zero-order valence-corrected chi connectivity index (χ0v) is 17.5. The number of hydrogen-bond donors (Lipinski definition) is 2. The van der Waals surface area contributed by atoms with Crippen LogP contribution in [0.5, 0.6) is 5.75 Å². The summed E-state index contributed by atoms with van der Waals surface area (Å²) in [6, 6.07) is 15.0. The second kappa shape index (κ2) is 9.12. The molecule has 0 unspecified atom stereocenters. The molecule has 0 atom stereocenters. The Bertz CT molecular complexity index is 830. The number of hydrogen-bond acceptors (Lipinski definition) is 3. The van der Waals surface area contributed by atoms with E-state index in [9.17, 15) is 9.59 Å². The summed E-state index contributed by atoms with van der Waals surface area (Å²) in [4.78, 5) is 24.4. The second-order valence-electron chi connectivity index (χ2n) is 8.64. The summed E-state index contributed by atoms with van der Waals surface area (Å²) >= 11 is 0. The lowest BCUT2D eigenvalue weighted by Crippen LogP contribution is -2.32. The van der Waals surface area contributed by atoms with Crippen molar-refractivity contribution in [2.75, 3.05) is 11.9 Å². The van der Waals surface area contributed by atoms with E-state index in [1.54, 1.807) is 24.3 Å². The number of carbonyl (C=O) groups is 2. The van der Waals surface area contributed by atoms with Crippen LogP contribution >= 0.6 is 0 Å². The molecule has 1 fully saturated rings. The van der Waals surface area contributed by atoms with Crippen LogP contribution in [0, 0.1) is 0 Å². The highest BCUT2D eigenvalue weighted by Crippen LogP contribution is 2.24. The van der Waals surface area contributed by atoms with Crippen molar-refractivity contribution in [3.63, 3.8) is 0 Å². The summed E-state index contributed by atoms with van der Waals surface area (Å²) < 4.78 is 5.57. The van der Waals surface area contributed by atoms with Gasteiger partial charge in [0.15, 0.2) is 6.61 Å². The van der Waals surface area contributed by atoms with E-state index in [-0.39, 0.29) is 29.9 Å². The molecule has 0 saturated heterocycles. The molecule has 2 amide bonds. The zero-order chi connectivity index (χ0) is 20.9. The van der Waals surface area contributed by atoms with Gasteiger partial charge in [0.1, 0.15) is 5.75 Å². The standard InChI is InChI=1S/C24H30N2O3/c1-24(2,3)18-10-14-21(15-11-18)29-16-22(27)25-20-12-8-17(9-13-20)23(28)26-19-6-4-5-7-19/h8-15,19H,4-7,16H2,1-3H3,(H,25,27)(H,26,28). The molecule has 1 aliphatic rings. The van der Waals surface area contributed by atoms with E-state index in [2.05, 4.69) is 31.4 Å². The molecule has 5 heteroatoms. The van der Waals surface area contributed by atoms with Crippen LogP contribution in [-0.2, 0) is 10.2 Å². The van der Waals surface area contributed by atoms with Gasteiger partial charge in [0.2, 0.25) is 0 Å². The average molecular weight is 395 g/mol. The largest absolute Gasteiger partial charge is 0.484 e. The Morgan fingerprint density at radius 3 is 2.17 bits per heavy atom. The Kier molecular flexibility index (Phi) is 6.57. The second-order valence-corrected chi connectivity index (χ2v) is 8.64. The number of amides is 2. The molecule has 5 nitrogen and oxygen atoms in total. The highest BCUT2D eigenvalue weighted by molar-refractivity contribution is 5.96. The number of benzene rings is 2. The van der Waals surface area contributed by atoms with E-state index in [1.165, 1.54) is 18.4 Å². The summed E-state index contributed by atoms with van der Waals surface area (Å²) in [6.45, 7) is 6.39. The minimum atomic E-state index is -0.243. The molecular formula is C24H30N2O3. The molecule has 1 saturated carbocycles. The van der Waals surface area contributed by atoms with Gasteiger partial charge >= 0.3 is 0 Å². The number of nitrogens with one attached hydrogen (secondary N) is 2. The molecule has 3 rings (SSSR count). The maximum Gasteiger partial charge on any atom is 0.262 e. The van der Waals surface area contributed by atoms with Gasteiger partial charge in [-0.2, -0.15) is 0 Å². The lowest BCUT2D eigenvalue weighted by atomic mass is 9.87. The number of rotatable bonds is 6. The molecule has 1 aliphatic carbocycles. The fourth-order valence-electron chi connectivity index (χ4n) is 3.44. The third kappa shape index (κ3) is 6.08. The lowest BCUT2D eigenvalue weighted by Gasteiger charge is -2.19. The number of carbonyl (C=O) groups excluding carboxylic acids is 2. The van der Waals surface area contributed by atoms with Crippen LogP contribution in [-0.4, -0.2) is 24.5 Å². The Balaban J connectivity index is 1.47. The van der Waals surface area contributed by atoms with Gasteiger partial charge in [-0.25, -0.2) is 0 Å². The molecule has 0 bridgehead atoms. The molecule has 2 aromatic rings. The van der Waals surface area contributed by atoms with E-state index in [0.29, 0.717) is 17.0 Å². The summed E-state index contributed by atoms with van der Waals surface area (Å²) in [6.07, 6.45) is 4.47. The van der Waals surface area contributed by atoms with E-state index in [0.717, 1.165) is 12.8 Å². The van der Waals surface area contributed by atoms with Crippen molar-refractivity contribution < 1.29 is 14.3 Å². The Morgan fingerprint density at radius 2 is 1.59 bits per heavy atom. The van der Waals surface area contributed by atoms with E-state index in [1.807, 2.05) is 24.3 Å². The monoisotopic (exact) mass is 394 g/mol. The van der Waals surface area contributed by atoms with Crippen LogP contribution in [0.4, 0.5) is 5.69 Å². The summed E-state index contributed by atoms with van der Waals surface area (Å²) in [7, 11) is 0. The molecule has 0 radical (unpaired) electrons. The maximum atomic E-state index is 12.3. The SMILES string of the molecule is CC(C)(C)c1ccc(OCC(=O)Nc2ccc(C(=O)NC3CCCC3)cc2)cc1. The summed E-state index contributed by atoms with van der Waals surface area (Å²) in [5.41, 5.74) is 2.53. The van der Waals surface area contributed by atoms with Gasteiger partial charge in [0.25, 0.3) is 11.8 Å². The molecule has 2 aromatic carbocycles. The normalized spacial score (nSPS) is 14.4. The first-order valence-electron chi connectivity index (χ1n) is 10.3. The highest BCUT2D eigenvalue weighted by Gasteiger charge is 2.18. The summed E-state index contributed by atoms with van der Waals surface area (Å²) in [5, 5.41) is 5.85. The van der Waals surface area contributed by atoms with Crippen molar-refractivity contribution >= 4 is 17.5 Å². The van der Waals surface area contributed by atoms with Crippen LogP contribution in [0.25, 0.3) is 0 Å². The predicted molar refractivity (Wildman–Crippen MR) is 115 cm³/mol. The number of ether oxygens (including phenoxy) is 1. The third-order valence-electron chi connectivity index (χ3n) is 5.21. The topological polar surface area (TPSA) is 67.4 Å². The van der Waals surface area contributed by atoms with Crippen molar-refractivity contribution in [1.82, 2.24) is 5.32 Å². The molecule has 0 aromatic heterocycles. The Morgan fingerprint density at radius 1 is 0.966 bits per heavy atom. The van der Waals surface area contributed by atoms with Crippen molar-refractivity contribution in [3.8, 4) is 5.75 Å². The van der Waals surface area contributed by atoms with Gasteiger partial charge in [-0.1, -0.05) is 45.7 Å². The van der Waals surface area contributed by atoms with Crippen LogP contribution < -0.4 is 15.4 Å². The minimum Gasteiger partial charge on any atom is -0.484 e. The quantitative estimate of drug-likeness (QED) is 0.748. The van der Waals surface area contributed by atoms with Crippen molar-refractivity contribution in [2.24, 2.45) is 0 Å². The molecule has 0 aliphatic heterocycles. The van der Waals surface area contributed by atoms with Crippen molar-refractivity contribution in [3.05, 3.63) is 59.7 Å². The van der Waals surface area contributed by atoms with Gasteiger partial charge < -0.3 is 15.4 Å². The van der Waals surface area contributed by atoms with Crippen molar-refractivity contribution in [2.45, 2.75) is 57.9 Å². The van der Waals surface area contributed by atoms with E-state index in [4.69, 9.17) is 4.74 Å². The van der Waals surface area contributed by atoms with Crippen molar-refractivity contribution in [1.29, 1.82) is 0 Å². The molecule has 29 heavy (non-hydrogen) atoms. The lowest BCUT2D eigenvalue weighted by molar-refractivity contribution is -0.118. The first-order chi connectivity index (χ1) is 13.8. The Hall–Kier alpha value is -2.82. The van der Waals surface area contributed by atoms with E-state index >= 15 is 0 Å². The fraction of sp³-hybridized carbons (Fsp3) is 0.417. The molecule has 0 heterocycles. The predicted octanol–water partition coefficient (Wildman–Crippen LogP) is 4.67. The third-order valence-corrected chi connectivity index (χ3v) is 5.21. The van der Waals surface area contributed by atoms with Gasteiger partial charge in [-0.15, -0.1) is 0 Å². The van der Waals surface area contributed by atoms with Crippen LogP contribution in [0.15, 0.2) is 48.5 Å². The molecule has 0 spiro atoms. The highest BCUT2D eigenvalue weighted by atomic mass is 16.5. The summed E-state index contributed by atoms with van der Waals surface area (Å²) in [5.74, 6) is 0.358. The fourth-order valence-corrected chi connectivity index (χ4v) is 3.44. The first-order valence-corrected chi connectivity index (χ1v) is 10.3. The van der Waals surface area contributed by atoms with Gasteiger partial charge in [0.05, 0.1) is 0 Å². The van der Waals surface area contributed by atoms with Crippen LogP contribution in [0.1, 0.15) is 62.4 Å².